The molecule has 35 heavy (non-hydrogen) atoms. The van der Waals surface area contributed by atoms with Gasteiger partial charge in [0.2, 0.25) is 11.9 Å². The average molecular weight is 472 g/mol. The molecule has 0 saturated carbocycles. The fraction of sp³-hybridized carbons (Fsp3) is 0.370. The number of carbonyl (C=O) groups is 1. The van der Waals surface area contributed by atoms with Gasteiger partial charge in [-0.2, -0.15) is 0 Å². The van der Waals surface area contributed by atoms with Gasteiger partial charge in [0, 0.05) is 62.4 Å². The van der Waals surface area contributed by atoms with Gasteiger partial charge in [-0.15, -0.1) is 0 Å². The summed E-state index contributed by atoms with van der Waals surface area (Å²) in [7, 11) is 1.84. The largest absolute Gasteiger partial charge is 0.369 e. The zero-order valence-corrected chi connectivity index (χ0v) is 20.8. The number of nitrogens with one attached hydrogen (secondary N) is 2. The number of likely N-dealkylation sites (N-methyl/N-ethyl adjacent to an activating group) is 1. The van der Waals surface area contributed by atoms with Crippen LogP contribution in [-0.2, 0) is 4.79 Å². The molecule has 3 aromatic rings. The lowest BCUT2D eigenvalue weighted by atomic mass is 10.0. The Morgan fingerprint density at radius 3 is 2.49 bits per heavy atom. The predicted octanol–water partition coefficient (Wildman–Crippen LogP) is 3.88. The summed E-state index contributed by atoms with van der Waals surface area (Å²) in [6, 6.07) is 16.5. The molecule has 3 heterocycles. The Kier molecular flexibility index (Phi) is 6.30. The van der Waals surface area contributed by atoms with Crippen LogP contribution in [0.4, 0.5) is 28.7 Å². The lowest BCUT2D eigenvalue weighted by Crippen LogP contribution is -2.53. The SMILES string of the molecule is CC(C)N1c2cc(Nc3nccc(-c4ccc(N5CCNCC5)cc4)n3)ccc2N(C)C(=O)[C@H]1C. The highest BCUT2D eigenvalue weighted by atomic mass is 16.2. The first-order valence-corrected chi connectivity index (χ1v) is 12.3. The maximum Gasteiger partial charge on any atom is 0.249 e. The summed E-state index contributed by atoms with van der Waals surface area (Å²) in [4.78, 5) is 28.2. The number of piperazine rings is 1. The van der Waals surface area contributed by atoms with E-state index in [0.717, 1.165) is 54.5 Å². The second-order valence-corrected chi connectivity index (χ2v) is 9.45. The third-order valence-electron chi connectivity index (χ3n) is 6.83. The topological polar surface area (TPSA) is 76.6 Å². The molecule has 0 radical (unpaired) electrons. The Morgan fingerprint density at radius 1 is 1.03 bits per heavy atom. The second kappa shape index (κ2) is 9.54. The van der Waals surface area contributed by atoms with Gasteiger partial charge in [-0.25, -0.2) is 9.97 Å². The van der Waals surface area contributed by atoms with Crippen LogP contribution in [0.1, 0.15) is 20.8 Å². The van der Waals surface area contributed by atoms with E-state index < -0.39 is 0 Å². The fourth-order valence-electron chi connectivity index (χ4n) is 5.02. The molecule has 5 rings (SSSR count). The summed E-state index contributed by atoms with van der Waals surface area (Å²) in [5.41, 5.74) is 5.99. The maximum absolute atomic E-state index is 12.7. The van der Waals surface area contributed by atoms with Crippen LogP contribution in [0.5, 0.6) is 0 Å². The zero-order valence-electron chi connectivity index (χ0n) is 20.8. The molecule has 0 aliphatic carbocycles. The summed E-state index contributed by atoms with van der Waals surface area (Å²) in [5, 5.41) is 6.75. The highest BCUT2D eigenvalue weighted by molar-refractivity contribution is 6.05. The molecule has 2 aliphatic rings. The monoisotopic (exact) mass is 471 g/mol. The molecule has 1 aromatic heterocycles. The quantitative estimate of drug-likeness (QED) is 0.585. The average Bonchev–Trinajstić information content (AvgIpc) is 2.88. The second-order valence-electron chi connectivity index (χ2n) is 9.45. The lowest BCUT2D eigenvalue weighted by molar-refractivity contribution is -0.119. The van der Waals surface area contributed by atoms with Crippen LogP contribution in [0, 0.1) is 0 Å². The van der Waals surface area contributed by atoms with Crippen molar-refractivity contribution in [3.63, 3.8) is 0 Å². The minimum Gasteiger partial charge on any atom is -0.369 e. The summed E-state index contributed by atoms with van der Waals surface area (Å²) < 4.78 is 0. The van der Waals surface area contributed by atoms with Crippen LogP contribution < -0.4 is 25.3 Å². The van der Waals surface area contributed by atoms with Gasteiger partial charge < -0.3 is 25.3 Å². The minimum atomic E-state index is -0.216. The molecule has 2 N–H and O–H groups in total. The number of benzene rings is 2. The summed E-state index contributed by atoms with van der Waals surface area (Å²) in [6.45, 7) is 10.3. The number of rotatable bonds is 5. The third kappa shape index (κ3) is 4.53. The molecule has 0 unspecified atom stereocenters. The molecule has 1 amide bonds. The van der Waals surface area contributed by atoms with Gasteiger partial charge in [0.25, 0.3) is 0 Å². The van der Waals surface area contributed by atoms with Crippen molar-refractivity contribution in [2.75, 3.05) is 53.2 Å². The summed E-state index contributed by atoms with van der Waals surface area (Å²) >= 11 is 0. The molecule has 182 valence electrons. The fourth-order valence-corrected chi connectivity index (χ4v) is 5.02. The number of anilines is 5. The van der Waals surface area contributed by atoms with E-state index in [2.05, 4.69) is 69.6 Å². The van der Waals surface area contributed by atoms with Crippen molar-refractivity contribution in [2.45, 2.75) is 32.9 Å². The number of fused-ring (bicyclic) bond motifs is 1. The summed E-state index contributed by atoms with van der Waals surface area (Å²) in [5.74, 6) is 0.643. The molecule has 8 heteroatoms. The van der Waals surface area contributed by atoms with Crippen molar-refractivity contribution in [2.24, 2.45) is 0 Å². The molecule has 1 atom stereocenters. The zero-order chi connectivity index (χ0) is 24.5. The van der Waals surface area contributed by atoms with E-state index in [1.807, 2.05) is 32.2 Å². The Balaban J connectivity index is 1.38. The Morgan fingerprint density at radius 2 is 1.77 bits per heavy atom. The first kappa shape index (κ1) is 23.1. The molecule has 0 spiro atoms. The van der Waals surface area contributed by atoms with Gasteiger partial charge in [-0.05, 0) is 57.2 Å². The first-order chi connectivity index (χ1) is 16.9. The maximum atomic E-state index is 12.7. The van der Waals surface area contributed by atoms with Crippen LogP contribution >= 0.6 is 0 Å². The molecule has 8 nitrogen and oxygen atoms in total. The minimum absolute atomic E-state index is 0.103. The standard InChI is InChI=1S/C27H33N7O/c1-18(2)34-19(3)26(35)32(4)24-10-7-21(17-25(24)34)30-27-29-12-11-23(31-27)20-5-8-22(9-6-20)33-15-13-28-14-16-33/h5-12,17-19,28H,13-16H2,1-4H3,(H,29,30,31)/t19-/m1/s1. The van der Waals surface area contributed by atoms with Gasteiger partial charge in [-0.3, -0.25) is 4.79 Å². The summed E-state index contributed by atoms with van der Waals surface area (Å²) in [6.07, 6.45) is 1.78. The van der Waals surface area contributed by atoms with E-state index in [4.69, 9.17) is 4.98 Å². The first-order valence-electron chi connectivity index (χ1n) is 12.3. The van der Waals surface area contributed by atoms with E-state index in [1.54, 1.807) is 11.1 Å². The van der Waals surface area contributed by atoms with Crippen molar-refractivity contribution in [1.82, 2.24) is 15.3 Å². The number of aromatic nitrogens is 2. The Labute approximate surface area is 207 Å². The van der Waals surface area contributed by atoms with Crippen molar-refractivity contribution >= 4 is 34.6 Å². The van der Waals surface area contributed by atoms with E-state index in [9.17, 15) is 4.79 Å². The van der Waals surface area contributed by atoms with E-state index in [1.165, 1.54) is 5.69 Å². The molecule has 1 fully saturated rings. The molecular formula is C27H33N7O. The molecular weight excluding hydrogens is 438 g/mol. The van der Waals surface area contributed by atoms with Gasteiger partial charge >= 0.3 is 0 Å². The lowest BCUT2D eigenvalue weighted by Gasteiger charge is -2.42. The molecule has 1 saturated heterocycles. The van der Waals surface area contributed by atoms with Crippen LogP contribution in [0.2, 0.25) is 0 Å². The normalized spacial score (nSPS) is 18.1. The van der Waals surface area contributed by atoms with Gasteiger partial charge in [0.05, 0.1) is 17.1 Å². The van der Waals surface area contributed by atoms with E-state index in [0.29, 0.717) is 5.95 Å². The van der Waals surface area contributed by atoms with Crippen LogP contribution in [0.3, 0.4) is 0 Å². The van der Waals surface area contributed by atoms with Gasteiger partial charge in [0.15, 0.2) is 0 Å². The number of hydrogen-bond acceptors (Lipinski definition) is 7. The third-order valence-corrected chi connectivity index (χ3v) is 6.83. The highest BCUT2D eigenvalue weighted by Gasteiger charge is 2.34. The number of amides is 1. The van der Waals surface area contributed by atoms with Gasteiger partial charge in [0.1, 0.15) is 6.04 Å². The van der Waals surface area contributed by atoms with E-state index >= 15 is 0 Å². The van der Waals surface area contributed by atoms with Crippen LogP contribution in [-0.4, -0.2) is 61.2 Å². The van der Waals surface area contributed by atoms with E-state index in [-0.39, 0.29) is 18.0 Å². The molecule has 2 aliphatic heterocycles. The van der Waals surface area contributed by atoms with Crippen molar-refractivity contribution in [1.29, 1.82) is 0 Å². The van der Waals surface area contributed by atoms with Crippen molar-refractivity contribution in [3.8, 4) is 11.3 Å². The van der Waals surface area contributed by atoms with Crippen molar-refractivity contribution < 1.29 is 4.79 Å². The predicted molar refractivity (Wildman–Crippen MR) is 143 cm³/mol. The Hall–Kier alpha value is -3.65. The number of hydrogen-bond donors (Lipinski definition) is 2. The molecule has 2 aromatic carbocycles. The number of nitrogens with zero attached hydrogens (tertiary/aromatic N) is 5. The smallest absolute Gasteiger partial charge is 0.249 e. The highest BCUT2D eigenvalue weighted by Crippen LogP contribution is 2.39. The van der Waals surface area contributed by atoms with Gasteiger partial charge in [-0.1, -0.05) is 12.1 Å². The van der Waals surface area contributed by atoms with Crippen molar-refractivity contribution in [3.05, 3.63) is 54.7 Å². The molecule has 0 bridgehead atoms. The Bertz CT molecular complexity index is 1200. The number of carbonyl (C=O) groups excluding carboxylic acids is 1. The van der Waals surface area contributed by atoms with Crippen LogP contribution in [0.25, 0.3) is 11.3 Å². The van der Waals surface area contributed by atoms with Crippen LogP contribution in [0.15, 0.2) is 54.7 Å².